The van der Waals surface area contributed by atoms with Gasteiger partial charge in [-0.05, 0) is 93.4 Å². The summed E-state index contributed by atoms with van der Waals surface area (Å²) in [6.45, 7) is 14.4. The van der Waals surface area contributed by atoms with E-state index in [1.807, 2.05) is 40.2 Å². The number of likely N-dealkylation sites (tertiary alicyclic amines) is 1. The first kappa shape index (κ1) is 27.2. The van der Waals surface area contributed by atoms with Crippen LogP contribution >= 0.6 is 0 Å². The number of nitrogens with one attached hydrogen (secondary N) is 1. The summed E-state index contributed by atoms with van der Waals surface area (Å²) in [7, 11) is 6.13. The Labute approximate surface area is 218 Å². The van der Waals surface area contributed by atoms with Gasteiger partial charge in [0.05, 0.1) is 0 Å². The van der Waals surface area contributed by atoms with Crippen LogP contribution in [-0.4, -0.2) is 49.0 Å². The number of fused-ring (bicyclic) bond motifs is 1. The van der Waals surface area contributed by atoms with E-state index in [0.717, 1.165) is 28.5 Å². The summed E-state index contributed by atoms with van der Waals surface area (Å²) in [4.78, 5) is 8.86. The molecule has 0 amide bonds. The molecule has 2 aromatic carbocycles. The first-order chi connectivity index (χ1) is 17.3. The van der Waals surface area contributed by atoms with Gasteiger partial charge in [0.1, 0.15) is 5.82 Å². The molecular weight excluding hydrogens is 440 g/mol. The van der Waals surface area contributed by atoms with Gasteiger partial charge in [0.15, 0.2) is 0 Å². The minimum absolute atomic E-state index is 0.880. The zero-order chi connectivity index (χ0) is 26.1. The number of nitrogens with zero attached hydrogens (tertiary/aromatic N) is 3. The zero-order valence-corrected chi connectivity index (χ0v) is 22.7. The molecule has 2 heterocycles. The van der Waals surface area contributed by atoms with E-state index in [1.54, 1.807) is 0 Å². The number of hydrogen-bond acceptors (Lipinski definition) is 4. The van der Waals surface area contributed by atoms with Crippen LogP contribution in [0, 0.1) is 5.92 Å². The average molecular weight is 483 g/mol. The lowest BCUT2D eigenvalue weighted by molar-refractivity contribution is 0.219. The highest BCUT2D eigenvalue weighted by Gasteiger charge is 2.16. The Morgan fingerprint density at radius 3 is 2.39 bits per heavy atom. The van der Waals surface area contributed by atoms with Gasteiger partial charge in [0.25, 0.3) is 0 Å². The maximum atomic E-state index is 4.33. The van der Waals surface area contributed by atoms with Gasteiger partial charge in [-0.2, -0.15) is 0 Å². The van der Waals surface area contributed by atoms with E-state index < -0.39 is 0 Å². The first-order valence-electron chi connectivity index (χ1n) is 12.9. The maximum absolute atomic E-state index is 4.33. The lowest BCUT2D eigenvalue weighted by Crippen LogP contribution is -2.30. The molecule has 36 heavy (non-hydrogen) atoms. The Bertz CT molecular complexity index is 1180. The van der Waals surface area contributed by atoms with Gasteiger partial charge in [0.2, 0.25) is 0 Å². The number of hydrogen-bond donors (Lipinski definition) is 1. The predicted molar refractivity (Wildman–Crippen MR) is 158 cm³/mol. The Kier molecular flexibility index (Phi) is 9.89. The van der Waals surface area contributed by atoms with Crippen molar-refractivity contribution in [1.29, 1.82) is 0 Å². The number of benzene rings is 2. The summed E-state index contributed by atoms with van der Waals surface area (Å²) in [5, 5.41) is 5.39. The van der Waals surface area contributed by atoms with Crippen LogP contribution in [-0.2, 0) is 6.42 Å². The molecule has 1 N–H and O–H groups in total. The van der Waals surface area contributed by atoms with E-state index in [-0.39, 0.29) is 0 Å². The third-order valence-electron chi connectivity index (χ3n) is 7.06. The molecule has 190 valence electrons. The summed E-state index contributed by atoms with van der Waals surface area (Å²) < 4.78 is 0. The zero-order valence-electron chi connectivity index (χ0n) is 22.7. The monoisotopic (exact) mass is 482 g/mol. The van der Waals surface area contributed by atoms with Crippen molar-refractivity contribution in [3.63, 3.8) is 0 Å². The van der Waals surface area contributed by atoms with Crippen LogP contribution in [0.5, 0.6) is 0 Å². The summed E-state index contributed by atoms with van der Waals surface area (Å²) in [6.07, 6.45) is 9.84. The van der Waals surface area contributed by atoms with Crippen molar-refractivity contribution in [2.24, 2.45) is 5.92 Å². The lowest BCUT2D eigenvalue weighted by Gasteiger charge is -2.28. The van der Waals surface area contributed by atoms with Crippen molar-refractivity contribution in [1.82, 2.24) is 14.8 Å². The molecule has 4 nitrogen and oxygen atoms in total. The number of anilines is 1. The van der Waals surface area contributed by atoms with E-state index in [4.69, 9.17) is 0 Å². The van der Waals surface area contributed by atoms with E-state index in [0.29, 0.717) is 0 Å². The molecule has 4 heteroatoms. The highest BCUT2D eigenvalue weighted by Crippen LogP contribution is 2.26. The van der Waals surface area contributed by atoms with Crippen molar-refractivity contribution in [3.05, 3.63) is 96.3 Å². The first-order valence-corrected chi connectivity index (χ1v) is 12.9. The second-order valence-corrected chi connectivity index (χ2v) is 9.75. The van der Waals surface area contributed by atoms with E-state index in [2.05, 4.69) is 94.9 Å². The average Bonchev–Trinajstić information content (AvgIpc) is 2.90. The van der Waals surface area contributed by atoms with Crippen LogP contribution < -0.4 is 5.32 Å². The van der Waals surface area contributed by atoms with E-state index in [1.165, 1.54) is 54.4 Å². The van der Waals surface area contributed by atoms with Gasteiger partial charge >= 0.3 is 0 Å². The minimum Gasteiger partial charge on any atom is -0.373 e. The van der Waals surface area contributed by atoms with E-state index in [9.17, 15) is 0 Å². The van der Waals surface area contributed by atoms with Gasteiger partial charge in [-0.15, -0.1) is 0 Å². The number of pyridine rings is 1. The maximum Gasteiger partial charge on any atom is 0.126 e. The molecule has 0 atom stereocenters. The molecule has 0 unspecified atom stereocenters. The molecule has 1 saturated heterocycles. The topological polar surface area (TPSA) is 31.4 Å². The van der Waals surface area contributed by atoms with Gasteiger partial charge < -0.3 is 15.1 Å². The highest BCUT2D eigenvalue weighted by atomic mass is 15.1. The van der Waals surface area contributed by atoms with Crippen molar-refractivity contribution in [2.75, 3.05) is 39.5 Å². The normalized spacial score (nSPS) is 14.6. The SMILES string of the molecule is C=C(C)N(C)/C(=C\C)c1ccc2cnc(NC)cc2c1.C=Cc1ccc(CC2CCN(C)CC2)cc1. The van der Waals surface area contributed by atoms with Gasteiger partial charge in [-0.25, -0.2) is 4.98 Å². The van der Waals surface area contributed by atoms with E-state index >= 15 is 0 Å². The molecule has 1 fully saturated rings. The van der Waals surface area contributed by atoms with Crippen LogP contribution in [0.3, 0.4) is 0 Å². The molecule has 4 rings (SSSR count). The standard InChI is InChI=1S/C17H21N3.C15H21N/c1-6-16(20(5)12(2)3)13-7-8-14-11-19-17(18-4)10-15(14)9-13;1-3-13-4-6-14(7-5-13)12-15-8-10-16(2)11-9-15/h6-11H,2H2,1,3-5H3,(H,18,19);3-7,15H,1,8-12H2,2H3/b16-6-;. The molecule has 0 radical (unpaired) electrons. The number of aromatic nitrogens is 1. The van der Waals surface area contributed by atoms with Crippen molar-refractivity contribution >= 4 is 28.4 Å². The predicted octanol–water partition coefficient (Wildman–Crippen LogP) is 7.32. The molecular formula is C32H42N4. The molecule has 1 aliphatic rings. The Balaban J connectivity index is 0.000000205. The molecule has 0 aliphatic carbocycles. The highest BCUT2D eigenvalue weighted by molar-refractivity contribution is 5.87. The van der Waals surface area contributed by atoms with Gasteiger partial charge in [-0.3, -0.25) is 0 Å². The van der Waals surface area contributed by atoms with Crippen LogP contribution in [0.1, 0.15) is 43.4 Å². The summed E-state index contributed by atoms with van der Waals surface area (Å²) in [5.74, 6) is 1.76. The van der Waals surface area contributed by atoms with Crippen LogP contribution in [0.4, 0.5) is 5.82 Å². The Morgan fingerprint density at radius 1 is 1.11 bits per heavy atom. The second-order valence-electron chi connectivity index (χ2n) is 9.75. The third kappa shape index (κ3) is 7.32. The number of piperidine rings is 1. The van der Waals surface area contributed by atoms with Crippen molar-refractivity contribution in [2.45, 2.75) is 33.1 Å². The van der Waals surface area contributed by atoms with Crippen molar-refractivity contribution in [3.8, 4) is 0 Å². The Hall–Kier alpha value is -3.37. The number of rotatable bonds is 7. The smallest absolute Gasteiger partial charge is 0.126 e. The van der Waals surface area contributed by atoms with Crippen LogP contribution in [0.25, 0.3) is 22.5 Å². The molecule has 0 saturated carbocycles. The largest absolute Gasteiger partial charge is 0.373 e. The van der Waals surface area contributed by atoms with Crippen LogP contribution in [0.15, 0.2) is 79.7 Å². The van der Waals surface area contributed by atoms with Gasteiger partial charge in [-0.1, -0.05) is 61.7 Å². The molecule has 0 bridgehead atoms. The fraction of sp³-hybridized carbons (Fsp3) is 0.344. The lowest BCUT2D eigenvalue weighted by atomic mass is 9.90. The Morgan fingerprint density at radius 2 is 1.81 bits per heavy atom. The minimum atomic E-state index is 0.880. The number of allylic oxidation sites excluding steroid dienone is 2. The van der Waals surface area contributed by atoms with Gasteiger partial charge in [0, 0.05) is 37.1 Å². The quantitative estimate of drug-likeness (QED) is 0.382. The molecule has 1 aromatic heterocycles. The fourth-order valence-electron chi connectivity index (χ4n) is 4.59. The second kappa shape index (κ2) is 13.1. The third-order valence-corrected chi connectivity index (χ3v) is 7.06. The van der Waals surface area contributed by atoms with Crippen LogP contribution in [0.2, 0.25) is 0 Å². The molecule has 1 aliphatic heterocycles. The summed E-state index contributed by atoms with van der Waals surface area (Å²) in [5.41, 5.74) is 6.04. The summed E-state index contributed by atoms with van der Waals surface area (Å²) >= 11 is 0. The fourth-order valence-corrected chi connectivity index (χ4v) is 4.59. The molecule has 0 spiro atoms. The van der Waals surface area contributed by atoms with Crippen molar-refractivity contribution < 1.29 is 0 Å². The summed E-state index contributed by atoms with van der Waals surface area (Å²) in [6, 6.07) is 17.3. The molecule has 3 aromatic rings.